The van der Waals surface area contributed by atoms with Gasteiger partial charge in [-0.15, -0.1) is 0 Å². The third kappa shape index (κ3) is 3.86. The van der Waals surface area contributed by atoms with Gasteiger partial charge in [0.1, 0.15) is 0 Å². The van der Waals surface area contributed by atoms with E-state index in [1.807, 2.05) is 0 Å². The first-order valence-electron chi connectivity index (χ1n) is 11.1. The van der Waals surface area contributed by atoms with Gasteiger partial charge >= 0.3 is 0 Å². The van der Waals surface area contributed by atoms with Crippen molar-refractivity contribution in [2.24, 2.45) is 4.74 Å². The van der Waals surface area contributed by atoms with Crippen LogP contribution in [0.25, 0.3) is 0 Å². The van der Waals surface area contributed by atoms with Gasteiger partial charge in [0.15, 0.2) is 0 Å². The van der Waals surface area contributed by atoms with E-state index in [4.69, 9.17) is 4.74 Å². The molecule has 1 fully saturated rings. The van der Waals surface area contributed by atoms with Crippen molar-refractivity contribution in [2.45, 2.75) is 143 Å². The lowest BCUT2D eigenvalue weighted by molar-refractivity contribution is 0.267. The topological polar surface area (TPSA) is 15.4 Å². The summed E-state index contributed by atoms with van der Waals surface area (Å²) in [5.74, 6) is 0. The van der Waals surface area contributed by atoms with E-state index in [0.717, 1.165) is 0 Å². The summed E-state index contributed by atoms with van der Waals surface area (Å²) in [5, 5.41) is 0.604. The minimum absolute atomic E-state index is 0.169. The first-order chi connectivity index (χ1) is 11.8. The molecule has 0 bridgehead atoms. The van der Waals surface area contributed by atoms with E-state index < -0.39 is 6.89 Å². The Hall–Kier alpha value is 0.620. The molecule has 0 aromatic carbocycles. The average Bonchev–Trinajstić information content (AvgIpc) is 3.26. The molecule has 1 aliphatic rings. The van der Waals surface area contributed by atoms with E-state index in [9.17, 15) is 0 Å². The predicted molar refractivity (Wildman–Crippen MR) is 125 cm³/mol. The van der Waals surface area contributed by atoms with E-state index in [0.29, 0.717) is 10.7 Å². The molecule has 1 saturated heterocycles. The molecule has 0 spiro atoms. The van der Waals surface area contributed by atoms with Gasteiger partial charge in [0.05, 0.1) is 12.4 Å². The first kappa shape index (κ1) is 24.7. The fourth-order valence-electron chi connectivity index (χ4n) is 4.62. The van der Waals surface area contributed by atoms with Gasteiger partial charge in [-0.25, -0.2) is 4.44 Å². The maximum atomic E-state index is 5.98. The van der Waals surface area contributed by atoms with E-state index in [1.54, 1.807) is 0 Å². The molecule has 1 unspecified atom stereocenters. The minimum Gasteiger partial charge on any atom is -0.275 e. The molecule has 0 aromatic rings. The maximum Gasteiger partial charge on any atom is 0.0785 e. The summed E-state index contributed by atoms with van der Waals surface area (Å²) in [6.07, 6.45) is 7.28. The normalized spacial score (nSPS) is 27.5. The summed E-state index contributed by atoms with van der Waals surface area (Å²) in [6.45, 7) is 27.7. The molecule has 0 saturated carbocycles. The van der Waals surface area contributed by atoms with Gasteiger partial charge in [-0.2, -0.15) is 0 Å². The Bertz CT molecular complexity index is 501. The van der Waals surface area contributed by atoms with Crippen LogP contribution in [0.2, 0.25) is 0 Å². The lowest BCUT2D eigenvalue weighted by atomic mass is 9.91. The summed E-state index contributed by atoms with van der Waals surface area (Å²) in [6, 6.07) is 0. The average molecular weight is 403 g/mol. The van der Waals surface area contributed by atoms with Crippen LogP contribution in [0.15, 0.2) is 4.74 Å². The van der Waals surface area contributed by atoms with Crippen LogP contribution in [0, 0.1) is 0 Å². The predicted octanol–water partition coefficient (Wildman–Crippen LogP) is 9.26. The van der Waals surface area contributed by atoms with Crippen LogP contribution in [0.3, 0.4) is 0 Å². The van der Waals surface area contributed by atoms with Crippen LogP contribution in [0.4, 0.5) is 0 Å². The number of nitrogens with zero attached hydrogens (tertiary/aromatic N) is 2. The highest BCUT2D eigenvalue weighted by atomic mass is 32.1. The molecule has 0 radical (unpaired) electrons. The monoisotopic (exact) mass is 402 g/mol. The van der Waals surface area contributed by atoms with Crippen molar-refractivity contribution in [3.63, 3.8) is 0 Å². The summed E-state index contributed by atoms with van der Waals surface area (Å²) in [7, 11) is -0.200. The maximum absolute atomic E-state index is 5.98. The summed E-state index contributed by atoms with van der Waals surface area (Å²) in [4.78, 5) is 0. The molecule has 0 aliphatic carbocycles. The zero-order chi connectivity index (χ0) is 20.6. The first-order valence-corrected chi connectivity index (χ1v) is 14.8. The van der Waals surface area contributed by atoms with Gasteiger partial charge in [0.2, 0.25) is 0 Å². The molecule has 26 heavy (non-hydrogen) atoms. The van der Waals surface area contributed by atoms with Crippen molar-refractivity contribution < 1.29 is 0 Å². The molecule has 3 atom stereocenters. The number of rotatable bonds is 8. The van der Waals surface area contributed by atoms with E-state index in [2.05, 4.69) is 87.5 Å². The second-order valence-electron chi connectivity index (χ2n) is 10.2. The molecular formula is C22H48N2P2. The number of hydrogen-bond acceptors (Lipinski definition) is 1. The molecule has 0 N–H and O–H groups in total. The third-order valence-corrected chi connectivity index (χ3v) is 19.9. The highest BCUT2D eigenvalue weighted by molar-refractivity contribution is 8.47. The summed E-state index contributed by atoms with van der Waals surface area (Å²) >= 11 is 0. The molecule has 1 aliphatic heterocycles. The lowest BCUT2D eigenvalue weighted by Crippen LogP contribution is -2.36. The highest BCUT2D eigenvalue weighted by Gasteiger charge is 2.71. The fraction of sp³-hybridized carbons (Fsp3) is 1.00. The lowest BCUT2D eigenvalue weighted by Gasteiger charge is -2.38. The Kier molecular flexibility index (Phi) is 7.74. The Morgan fingerprint density at radius 3 is 1.31 bits per heavy atom. The van der Waals surface area contributed by atoms with Crippen molar-refractivity contribution in [1.29, 1.82) is 0 Å². The zero-order valence-electron chi connectivity index (χ0n) is 20.0. The van der Waals surface area contributed by atoms with Gasteiger partial charge in [-0.1, -0.05) is 83.1 Å². The SMILES string of the molecule is CCC(CC)(CC)N=[P@]1(C(C)(C)C)N(C(CC)(CC)CC)[P@]1C(C)(C)C. The van der Waals surface area contributed by atoms with Crippen LogP contribution in [0.5, 0.6) is 0 Å². The van der Waals surface area contributed by atoms with Crippen molar-refractivity contribution in [3.8, 4) is 0 Å². The van der Waals surface area contributed by atoms with Crippen LogP contribution >= 0.6 is 14.7 Å². The van der Waals surface area contributed by atoms with Crippen molar-refractivity contribution in [2.75, 3.05) is 0 Å². The van der Waals surface area contributed by atoms with E-state index in [-0.39, 0.29) is 18.5 Å². The Labute approximate surface area is 167 Å². The van der Waals surface area contributed by atoms with Gasteiger partial charge in [0.25, 0.3) is 0 Å². The van der Waals surface area contributed by atoms with Gasteiger partial charge in [-0.05, 0) is 38.5 Å². The Morgan fingerprint density at radius 1 is 0.692 bits per heavy atom. The summed E-state index contributed by atoms with van der Waals surface area (Å²) < 4.78 is 9.03. The number of hydrogen-bond donors (Lipinski definition) is 0. The molecule has 1 heterocycles. The van der Waals surface area contributed by atoms with Crippen LogP contribution < -0.4 is 0 Å². The summed E-state index contributed by atoms with van der Waals surface area (Å²) in [5.41, 5.74) is 0.507. The van der Waals surface area contributed by atoms with Crippen molar-refractivity contribution in [1.82, 2.24) is 4.44 Å². The van der Waals surface area contributed by atoms with Crippen molar-refractivity contribution in [3.05, 3.63) is 0 Å². The van der Waals surface area contributed by atoms with E-state index in [1.165, 1.54) is 38.5 Å². The molecule has 1 rings (SSSR count). The largest absolute Gasteiger partial charge is 0.275 e. The molecule has 4 heteroatoms. The van der Waals surface area contributed by atoms with Crippen LogP contribution in [-0.2, 0) is 0 Å². The zero-order valence-corrected chi connectivity index (χ0v) is 21.8. The molecule has 0 aromatic heterocycles. The second-order valence-corrected chi connectivity index (χ2v) is 18.7. The minimum atomic E-state index is -1.54. The smallest absolute Gasteiger partial charge is 0.0785 e. The third-order valence-electron chi connectivity index (χ3n) is 6.90. The Morgan fingerprint density at radius 2 is 1.08 bits per heavy atom. The van der Waals surface area contributed by atoms with Crippen molar-refractivity contribution >= 4 is 14.7 Å². The molecule has 2 nitrogen and oxygen atoms in total. The van der Waals surface area contributed by atoms with Crippen LogP contribution in [-0.4, -0.2) is 25.8 Å². The van der Waals surface area contributed by atoms with Gasteiger partial charge in [0, 0.05) is 23.6 Å². The highest BCUT2D eigenvalue weighted by Crippen LogP contribution is 3.10. The van der Waals surface area contributed by atoms with E-state index >= 15 is 0 Å². The Balaban J connectivity index is 3.84. The van der Waals surface area contributed by atoms with Gasteiger partial charge in [-0.3, -0.25) is 4.74 Å². The fourth-order valence-corrected chi connectivity index (χ4v) is 20.9. The second kappa shape index (κ2) is 8.16. The molecular weight excluding hydrogens is 354 g/mol. The molecule has 156 valence electrons. The quantitative estimate of drug-likeness (QED) is 0.292. The van der Waals surface area contributed by atoms with Crippen LogP contribution in [0.1, 0.15) is 122 Å². The van der Waals surface area contributed by atoms with Gasteiger partial charge < -0.3 is 0 Å². The molecule has 0 amide bonds. The standard InChI is InChI=1S/C22H48N2P2/c1-13-21(14-2,15-3)23-26(20(10,11)12)24(25(26)19(7,8)9)22(16-4,17-5)18-6/h13-18H2,1-12H3/t24?,25-,26+/m0/s1.